The molecule has 1 aromatic heterocycles. The molecule has 7 nitrogen and oxygen atoms in total. The van der Waals surface area contributed by atoms with Crippen LogP contribution in [0.1, 0.15) is 43.4 Å². The van der Waals surface area contributed by atoms with Gasteiger partial charge in [0, 0.05) is 36.6 Å². The van der Waals surface area contributed by atoms with Gasteiger partial charge in [-0.1, -0.05) is 48.5 Å². The predicted octanol–water partition coefficient (Wildman–Crippen LogP) is 4.20. The first-order chi connectivity index (χ1) is 18.4. The number of carbonyl (C=O) groups is 2. The van der Waals surface area contributed by atoms with Gasteiger partial charge >= 0.3 is 0 Å². The number of hydrogen-bond donors (Lipinski definition) is 3. The number of hydrogen-bond acceptors (Lipinski definition) is 5. The lowest BCUT2D eigenvalue weighted by Gasteiger charge is -2.18. The van der Waals surface area contributed by atoms with Crippen LogP contribution < -0.4 is 10.6 Å². The maximum absolute atomic E-state index is 12.9. The third-order valence-electron chi connectivity index (χ3n) is 6.14. The number of pyridine rings is 1. The fourth-order valence-corrected chi connectivity index (χ4v) is 4.22. The van der Waals surface area contributed by atoms with Crippen molar-refractivity contribution in [1.82, 2.24) is 20.5 Å². The van der Waals surface area contributed by atoms with Crippen molar-refractivity contribution in [3.8, 4) is 11.1 Å². The van der Waals surface area contributed by atoms with Crippen molar-refractivity contribution in [2.45, 2.75) is 19.1 Å². The van der Waals surface area contributed by atoms with Gasteiger partial charge in [-0.15, -0.1) is 0 Å². The van der Waals surface area contributed by atoms with Gasteiger partial charge in [0.25, 0.3) is 11.8 Å². The Labute approximate surface area is 223 Å². The fraction of sp³-hybridized carbons (Fsp3) is 0.194. The zero-order valence-electron chi connectivity index (χ0n) is 21.6. The SMILES string of the molecule is CN(C)Cc1cccc(CNC(=O)c2cccc([C@@H](CO)NC(=O)c3ccc(-c4ccncc4)cc3)c2)c1. The number of aliphatic hydroxyl groups excluding tert-OH is 1. The number of aliphatic hydroxyl groups is 1. The van der Waals surface area contributed by atoms with E-state index in [0.717, 1.165) is 23.2 Å². The molecule has 0 radical (unpaired) electrons. The van der Waals surface area contributed by atoms with Crippen LogP contribution in [0.5, 0.6) is 0 Å². The molecule has 0 unspecified atom stereocenters. The van der Waals surface area contributed by atoms with Gasteiger partial charge in [-0.3, -0.25) is 14.6 Å². The average Bonchev–Trinajstić information content (AvgIpc) is 2.95. The summed E-state index contributed by atoms with van der Waals surface area (Å²) in [5, 5.41) is 15.8. The molecule has 7 heteroatoms. The Hall–Kier alpha value is -4.33. The monoisotopic (exact) mass is 508 g/mol. The Morgan fingerprint density at radius 2 is 1.50 bits per heavy atom. The molecule has 1 atom stereocenters. The van der Waals surface area contributed by atoms with Gasteiger partial charge in [-0.2, -0.15) is 0 Å². The summed E-state index contributed by atoms with van der Waals surface area (Å²) in [5.74, 6) is -0.530. The number of carbonyl (C=O) groups excluding carboxylic acids is 2. The lowest BCUT2D eigenvalue weighted by molar-refractivity contribution is 0.0916. The summed E-state index contributed by atoms with van der Waals surface area (Å²) in [6, 6.07) is 25.5. The predicted molar refractivity (Wildman–Crippen MR) is 148 cm³/mol. The van der Waals surface area contributed by atoms with E-state index in [1.165, 1.54) is 5.56 Å². The highest BCUT2D eigenvalue weighted by Gasteiger charge is 2.17. The molecule has 1 heterocycles. The molecule has 194 valence electrons. The quantitative estimate of drug-likeness (QED) is 0.298. The smallest absolute Gasteiger partial charge is 0.251 e. The molecule has 2 amide bonds. The average molecular weight is 509 g/mol. The number of nitrogens with zero attached hydrogens (tertiary/aromatic N) is 2. The molecule has 0 aliphatic heterocycles. The highest BCUT2D eigenvalue weighted by molar-refractivity contribution is 5.95. The lowest BCUT2D eigenvalue weighted by Crippen LogP contribution is -2.31. The van der Waals surface area contributed by atoms with Gasteiger partial charge in [-0.05, 0) is 78.3 Å². The molecule has 0 aliphatic carbocycles. The summed E-state index contributed by atoms with van der Waals surface area (Å²) in [6.45, 7) is 0.928. The number of amides is 2. The number of aromatic nitrogens is 1. The second kappa shape index (κ2) is 12.8. The van der Waals surface area contributed by atoms with Gasteiger partial charge in [0.05, 0.1) is 12.6 Å². The van der Waals surface area contributed by atoms with Crippen LogP contribution in [0.4, 0.5) is 0 Å². The van der Waals surface area contributed by atoms with Crippen LogP contribution in [0, 0.1) is 0 Å². The largest absolute Gasteiger partial charge is 0.394 e. The summed E-state index contributed by atoms with van der Waals surface area (Å²) in [4.78, 5) is 31.9. The summed E-state index contributed by atoms with van der Waals surface area (Å²) in [7, 11) is 4.03. The molecule has 3 N–H and O–H groups in total. The Kier molecular flexibility index (Phi) is 8.98. The van der Waals surface area contributed by atoms with E-state index in [1.807, 2.05) is 50.5 Å². The topological polar surface area (TPSA) is 94.6 Å². The van der Waals surface area contributed by atoms with Gasteiger partial charge in [0.15, 0.2) is 0 Å². The van der Waals surface area contributed by atoms with Crippen LogP contribution >= 0.6 is 0 Å². The minimum Gasteiger partial charge on any atom is -0.394 e. The minimum absolute atomic E-state index is 0.223. The Morgan fingerprint density at radius 1 is 0.816 bits per heavy atom. The molecule has 0 saturated carbocycles. The van der Waals surface area contributed by atoms with E-state index in [9.17, 15) is 14.7 Å². The Bertz CT molecular complexity index is 1370. The molecule has 0 saturated heterocycles. The summed E-state index contributed by atoms with van der Waals surface area (Å²) in [5.41, 5.74) is 5.77. The first kappa shape index (κ1) is 26.7. The molecule has 3 aromatic carbocycles. The van der Waals surface area contributed by atoms with Crippen LogP contribution in [0.2, 0.25) is 0 Å². The lowest BCUT2D eigenvalue weighted by atomic mass is 10.0. The summed E-state index contributed by atoms with van der Waals surface area (Å²) >= 11 is 0. The zero-order valence-corrected chi connectivity index (χ0v) is 21.6. The zero-order chi connectivity index (χ0) is 26.9. The minimum atomic E-state index is -0.655. The standard InChI is InChI=1S/C31H32N4O3/c1-35(2)20-23-6-3-5-22(17-23)19-33-30(37)28-8-4-7-27(18-28)29(21-36)34-31(38)26-11-9-24(10-12-26)25-13-15-32-16-14-25/h3-18,29,36H,19-21H2,1-2H3,(H,33,37)(H,34,38)/t29-/m1/s1. The van der Waals surface area contributed by atoms with Gasteiger partial charge < -0.3 is 20.6 Å². The highest BCUT2D eigenvalue weighted by Crippen LogP contribution is 2.20. The van der Waals surface area contributed by atoms with E-state index in [2.05, 4.69) is 32.7 Å². The van der Waals surface area contributed by atoms with Gasteiger partial charge in [-0.25, -0.2) is 0 Å². The van der Waals surface area contributed by atoms with Crippen LogP contribution in [0.3, 0.4) is 0 Å². The van der Waals surface area contributed by atoms with Crippen molar-refractivity contribution < 1.29 is 14.7 Å². The molecule has 0 aliphatic rings. The fourth-order valence-electron chi connectivity index (χ4n) is 4.22. The van der Waals surface area contributed by atoms with Crippen molar-refractivity contribution in [3.05, 3.63) is 125 Å². The van der Waals surface area contributed by atoms with E-state index in [0.29, 0.717) is 23.2 Å². The molecule has 0 bridgehead atoms. The number of nitrogens with one attached hydrogen (secondary N) is 2. The van der Waals surface area contributed by atoms with Crippen molar-refractivity contribution in [1.29, 1.82) is 0 Å². The van der Waals surface area contributed by atoms with E-state index >= 15 is 0 Å². The van der Waals surface area contributed by atoms with Crippen molar-refractivity contribution in [2.75, 3.05) is 20.7 Å². The highest BCUT2D eigenvalue weighted by atomic mass is 16.3. The maximum Gasteiger partial charge on any atom is 0.251 e. The molecule has 0 fully saturated rings. The maximum atomic E-state index is 12.9. The number of rotatable bonds is 10. The van der Waals surface area contributed by atoms with Crippen LogP contribution in [-0.2, 0) is 13.1 Å². The van der Waals surface area contributed by atoms with Crippen molar-refractivity contribution in [2.24, 2.45) is 0 Å². The second-order valence-corrected chi connectivity index (χ2v) is 9.39. The van der Waals surface area contributed by atoms with Crippen molar-refractivity contribution >= 4 is 11.8 Å². The molecule has 38 heavy (non-hydrogen) atoms. The summed E-state index contributed by atoms with van der Waals surface area (Å²) in [6.07, 6.45) is 3.44. The van der Waals surface area contributed by atoms with Gasteiger partial charge in [0.2, 0.25) is 0 Å². The third-order valence-corrected chi connectivity index (χ3v) is 6.14. The number of benzene rings is 3. The van der Waals surface area contributed by atoms with Crippen LogP contribution in [0.15, 0.2) is 97.3 Å². The third kappa shape index (κ3) is 7.12. The molecular weight excluding hydrogens is 476 g/mol. The van der Waals surface area contributed by atoms with E-state index in [1.54, 1.807) is 48.8 Å². The summed E-state index contributed by atoms with van der Waals surface area (Å²) < 4.78 is 0. The van der Waals surface area contributed by atoms with Crippen molar-refractivity contribution in [3.63, 3.8) is 0 Å². The molecule has 4 rings (SSSR count). The Balaban J connectivity index is 1.39. The first-order valence-electron chi connectivity index (χ1n) is 12.5. The van der Waals surface area contributed by atoms with E-state index < -0.39 is 6.04 Å². The molecule has 4 aromatic rings. The van der Waals surface area contributed by atoms with Gasteiger partial charge in [0.1, 0.15) is 0 Å². The Morgan fingerprint density at radius 3 is 2.21 bits per heavy atom. The van der Waals surface area contributed by atoms with E-state index in [-0.39, 0.29) is 18.4 Å². The van der Waals surface area contributed by atoms with Crippen LogP contribution in [-0.4, -0.2) is 47.5 Å². The first-order valence-corrected chi connectivity index (χ1v) is 12.5. The molecule has 0 spiro atoms. The van der Waals surface area contributed by atoms with E-state index in [4.69, 9.17) is 0 Å². The second-order valence-electron chi connectivity index (χ2n) is 9.39. The molecular formula is C31H32N4O3. The normalized spacial score (nSPS) is 11.7. The van der Waals surface area contributed by atoms with Crippen LogP contribution in [0.25, 0.3) is 11.1 Å².